The minimum absolute atomic E-state index is 0.00741. The third-order valence-corrected chi connectivity index (χ3v) is 4.38. The average molecular weight is 451 g/mol. The van der Waals surface area contributed by atoms with Crippen LogP contribution in [0.3, 0.4) is 0 Å². The first-order valence-corrected chi connectivity index (χ1v) is 12.1. The van der Waals surface area contributed by atoms with Gasteiger partial charge in [0.05, 0.1) is 76.3 Å². The molecule has 0 saturated carbocycles. The molecule has 0 fully saturated rings. The third-order valence-electron chi connectivity index (χ3n) is 4.38. The highest BCUT2D eigenvalue weighted by molar-refractivity contribution is 4.58. The van der Waals surface area contributed by atoms with Crippen molar-refractivity contribution >= 4 is 0 Å². The molecule has 0 amide bonds. The quantitative estimate of drug-likeness (QED) is 0.228. The predicted octanol–water partition coefficient (Wildman–Crippen LogP) is 4.25. The maximum atomic E-state index is 5.85. The highest BCUT2D eigenvalue weighted by atomic mass is 16.6. The molecule has 0 aliphatic heterocycles. The van der Waals surface area contributed by atoms with Gasteiger partial charge in [-0.15, -0.1) is 0 Å². The van der Waals surface area contributed by atoms with Gasteiger partial charge in [-0.2, -0.15) is 0 Å². The molecule has 6 atom stereocenters. The van der Waals surface area contributed by atoms with E-state index >= 15 is 0 Å². The van der Waals surface area contributed by atoms with E-state index in [2.05, 4.69) is 13.8 Å². The number of ether oxygens (including phenoxy) is 7. The van der Waals surface area contributed by atoms with Crippen LogP contribution in [0.5, 0.6) is 0 Å². The van der Waals surface area contributed by atoms with E-state index in [1.165, 1.54) is 0 Å². The Kier molecular flexibility index (Phi) is 20.2. The van der Waals surface area contributed by atoms with Crippen LogP contribution < -0.4 is 0 Å². The molecule has 0 bridgehead atoms. The maximum Gasteiger partial charge on any atom is 0.0781 e. The molecule has 31 heavy (non-hydrogen) atoms. The molecule has 0 heterocycles. The van der Waals surface area contributed by atoms with Gasteiger partial charge in [0.25, 0.3) is 0 Å². The molecule has 0 aliphatic rings. The summed E-state index contributed by atoms with van der Waals surface area (Å²) in [7, 11) is 0. The molecule has 7 nitrogen and oxygen atoms in total. The highest BCUT2D eigenvalue weighted by Gasteiger charge is 2.13. The standard InChI is InChI=1S/C24H50O7/c1-9-11-25-13-19(3)27-15-21(5)29-17-23(7)31-18-24(8)30-16-22(6)28-14-20(4)26-12-10-2/h19-24H,9-18H2,1-8H3. The molecule has 0 saturated heterocycles. The van der Waals surface area contributed by atoms with Crippen LogP contribution in [0.2, 0.25) is 0 Å². The van der Waals surface area contributed by atoms with Crippen molar-refractivity contribution in [3.8, 4) is 0 Å². The Labute approximate surface area is 191 Å². The SMILES string of the molecule is CCCOCC(C)OCC(C)OCC(C)OCC(C)OCC(C)OCC(C)OCCC. The van der Waals surface area contributed by atoms with Crippen LogP contribution in [-0.2, 0) is 33.2 Å². The fraction of sp³-hybridized carbons (Fsp3) is 1.00. The van der Waals surface area contributed by atoms with E-state index in [0.29, 0.717) is 39.6 Å². The zero-order chi connectivity index (χ0) is 23.5. The lowest BCUT2D eigenvalue weighted by Crippen LogP contribution is -2.29. The molecule has 0 aromatic carbocycles. The summed E-state index contributed by atoms with van der Waals surface area (Å²) in [6, 6.07) is 0. The molecule has 0 rings (SSSR count). The Morgan fingerprint density at radius 1 is 0.387 bits per heavy atom. The molecular formula is C24H50O7. The molecule has 0 spiro atoms. The van der Waals surface area contributed by atoms with Crippen LogP contribution in [0.4, 0.5) is 0 Å². The molecule has 0 N–H and O–H groups in total. The zero-order valence-electron chi connectivity index (χ0n) is 21.4. The summed E-state index contributed by atoms with van der Waals surface area (Å²) in [5.41, 5.74) is 0. The van der Waals surface area contributed by atoms with Crippen molar-refractivity contribution in [2.45, 2.75) is 105 Å². The molecule has 0 aliphatic carbocycles. The number of hydrogen-bond acceptors (Lipinski definition) is 7. The minimum atomic E-state index is -0.0101. The van der Waals surface area contributed by atoms with Crippen molar-refractivity contribution in [3.05, 3.63) is 0 Å². The van der Waals surface area contributed by atoms with Gasteiger partial charge in [-0.25, -0.2) is 0 Å². The molecule has 6 unspecified atom stereocenters. The lowest BCUT2D eigenvalue weighted by atomic mass is 10.3. The van der Waals surface area contributed by atoms with E-state index < -0.39 is 0 Å². The Balaban J connectivity index is 3.75. The predicted molar refractivity (Wildman–Crippen MR) is 124 cm³/mol. The monoisotopic (exact) mass is 450 g/mol. The van der Waals surface area contributed by atoms with E-state index in [4.69, 9.17) is 33.2 Å². The van der Waals surface area contributed by atoms with E-state index in [0.717, 1.165) is 26.1 Å². The first kappa shape index (κ1) is 30.7. The van der Waals surface area contributed by atoms with E-state index in [9.17, 15) is 0 Å². The number of hydrogen-bond donors (Lipinski definition) is 0. The molecule has 188 valence electrons. The van der Waals surface area contributed by atoms with E-state index in [-0.39, 0.29) is 36.6 Å². The van der Waals surface area contributed by atoms with Crippen LogP contribution in [-0.4, -0.2) is 89.5 Å². The second-order valence-electron chi connectivity index (χ2n) is 8.48. The molecular weight excluding hydrogens is 400 g/mol. The zero-order valence-corrected chi connectivity index (χ0v) is 21.4. The Hall–Kier alpha value is -0.280. The Bertz CT molecular complexity index is 383. The third kappa shape index (κ3) is 20.1. The topological polar surface area (TPSA) is 64.6 Å². The van der Waals surface area contributed by atoms with E-state index in [1.54, 1.807) is 0 Å². The first-order valence-electron chi connectivity index (χ1n) is 12.1. The fourth-order valence-electron chi connectivity index (χ4n) is 2.50. The van der Waals surface area contributed by atoms with Gasteiger partial charge in [-0.1, -0.05) is 13.8 Å². The highest BCUT2D eigenvalue weighted by Crippen LogP contribution is 2.04. The first-order chi connectivity index (χ1) is 14.8. The average Bonchev–Trinajstić information content (AvgIpc) is 2.75. The smallest absolute Gasteiger partial charge is 0.0781 e. The van der Waals surface area contributed by atoms with Crippen LogP contribution in [0, 0.1) is 0 Å². The minimum Gasteiger partial charge on any atom is -0.379 e. The van der Waals surface area contributed by atoms with Crippen molar-refractivity contribution in [3.63, 3.8) is 0 Å². The summed E-state index contributed by atoms with van der Waals surface area (Å²) in [5.74, 6) is 0. The summed E-state index contributed by atoms with van der Waals surface area (Å²) in [5, 5.41) is 0. The van der Waals surface area contributed by atoms with Crippen LogP contribution >= 0.6 is 0 Å². The summed E-state index contributed by atoms with van der Waals surface area (Å²) in [4.78, 5) is 0. The van der Waals surface area contributed by atoms with Gasteiger partial charge in [0.2, 0.25) is 0 Å². The van der Waals surface area contributed by atoms with Crippen molar-refractivity contribution in [2.75, 3.05) is 52.9 Å². The molecule has 0 radical (unpaired) electrons. The van der Waals surface area contributed by atoms with Crippen molar-refractivity contribution in [1.82, 2.24) is 0 Å². The number of rotatable bonds is 22. The van der Waals surface area contributed by atoms with Crippen molar-refractivity contribution in [2.24, 2.45) is 0 Å². The fourth-order valence-corrected chi connectivity index (χ4v) is 2.50. The summed E-state index contributed by atoms with van der Waals surface area (Å²) >= 11 is 0. The maximum absolute atomic E-state index is 5.85. The van der Waals surface area contributed by atoms with Gasteiger partial charge < -0.3 is 33.2 Å². The molecule has 0 aromatic rings. The Morgan fingerprint density at radius 3 is 1.00 bits per heavy atom. The summed E-state index contributed by atoms with van der Waals surface area (Å²) in [6.07, 6.45) is 2.23. The lowest BCUT2D eigenvalue weighted by molar-refractivity contribution is -0.104. The van der Waals surface area contributed by atoms with Gasteiger partial charge in [0.1, 0.15) is 0 Å². The molecule has 7 heteroatoms. The van der Waals surface area contributed by atoms with Crippen molar-refractivity contribution < 1.29 is 33.2 Å². The largest absolute Gasteiger partial charge is 0.379 e. The van der Waals surface area contributed by atoms with Crippen molar-refractivity contribution in [1.29, 1.82) is 0 Å². The lowest BCUT2D eigenvalue weighted by Gasteiger charge is -2.22. The van der Waals surface area contributed by atoms with Crippen LogP contribution in [0.1, 0.15) is 68.2 Å². The second kappa shape index (κ2) is 20.3. The second-order valence-corrected chi connectivity index (χ2v) is 8.48. The van der Waals surface area contributed by atoms with Gasteiger partial charge in [-0.3, -0.25) is 0 Å². The summed E-state index contributed by atoms with van der Waals surface area (Å²) < 4.78 is 40.1. The van der Waals surface area contributed by atoms with Gasteiger partial charge in [0.15, 0.2) is 0 Å². The van der Waals surface area contributed by atoms with E-state index in [1.807, 2.05) is 41.5 Å². The van der Waals surface area contributed by atoms with Gasteiger partial charge in [0, 0.05) is 13.2 Å². The van der Waals surface area contributed by atoms with Gasteiger partial charge in [-0.05, 0) is 54.4 Å². The van der Waals surface area contributed by atoms with Gasteiger partial charge >= 0.3 is 0 Å². The van der Waals surface area contributed by atoms with Crippen LogP contribution in [0.25, 0.3) is 0 Å². The Morgan fingerprint density at radius 2 is 0.677 bits per heavy atom. The van der Waals surface area contributed by atoms with Crippen LogP contribution in [0.15, 0.2) is 0 Å². The molecule has 0 aromatic heterocycles. The summed E-state index contributed by atoms with van der Waals surface area (Å²) in [6.45, 7) is 21.1. The normalized spacial score (nSPS) is 17.8.